The van der Waals surface area contributed by atoms with Crippen molar-refractivity contribution < 1.29 is 9.53 Å². The van der Waals surface area contributed by atoms with Crippen LogP contribution in [-0.2, 0) is 9.53 Å². The number of carbonyl (C=O) groups is 1. The first kappa shape index (κ1) is 14.8. The lowest BCUT2D eigenvalue weighted by molar-refractivity contribution is -0.136. The maximum absolute atomic E-state index is 12.3. The van der Waals surface area contributed by atoms with Crippen LogP contribution in [0.4, 0.5) is 0 Å². The summed E-state index contributed by atoms with van der Waals surface area (Å²) >= 11 is 0. The summed E-state index contributed by atoms with van der Waals surface area (Å²) < 4.78 is 5.55. The van der Waals surface area contributed by atoms with Gasteiger partial charge in [-0.25, -0.2) is 0 Å². The van der Waals surface area contributed by atoms with Gasteiger partial charge in [0, 0.05) is 26.1 Å². The zero-order chi connectivity index (χ0) is 13.7. The van der Waals surface area contributed by atoms with Gasteiger partial charge in [-0.15, -0.1) is 0 Å². The van der Waals surface area contributed by atoms with E-state index in [0.29, 0.717) is 23.8 Å². The highest BCUT2D eigenvalue weighted by Crippen LogP contribution is 2.33. The third-order valence-corrected chi connectivity index (χ3v) is 4.42. The number of carbonyl (C=O) groups excluding carboxylic acids is 1. The first-order valence-electron chi connectivity index (χ1n) is 7.76. The number of piperidine rings is 1. The Labute approximate surface area is 116 Å². The minimum Gasteiger partial charge on any atom is -0.378 e. The number of hydrogen-bond acceptors (Lipinski definition) is 3. The molecule has 1 saturated carbocycles. The Balaban J connectivity index is 1.68. The Morgan fingerprint density at radius 2 is 2.16 bits per heavy atom. The predicted octanol–water partition coefficient (Wildman–Crippen LogP) is 1.65. The third kappa shape index (κ3) is 4.18. The van der Waals surface area contributed by atoms with Gasteiger partial charge in [-0.2, -0.15) is 0 Å². The molecular weight excluding hydrogens is 240 g/mol. The fraction of sp³-hybridized carbons (Fsp3) is 0.933. The molecule has 2 rings (SSSR count). The fourth-order valence-electron chi connectivity index (χ4n) is 3.34. The molecule has 4 nitrogen and oxygen atoms in total. The number of likely N-dealkylation sites (tertiary alicyclic amines) is 1. The monoisotopic (exact) mass is 268 g/mol. The molecule has 1 unspecified atom stereocenters. The van der Waals surface area contributed by atoms with Crippen LogP contribution in [0, 0.1) is 11.8 Å². The standard InChI is InChI=1S/C15H28N2O2/c1-3-19-14-7-13(8-14)9-15(18)17-6-4-5-12(11-17)10-16-2/h12-14,16H,3-11H2,1-2H3. The first-order chi connectivity index (χ1) is 9.22. The number of ether oxygens (including phenoxy) is 1. The number of nitrogens with zero attached hydrogens (tertiary/aromatic N) is 1. The fourth-order valence-corrected chi connectivity index (χ4v) is 3.34. The molecule has 1 heterocycles. The summed E-state index contributed by atoms with van der Waals surface area (Å²) in [5, 5.41) is 3.23. The van der Waals surface area contributed by atoms with Gasteiger partial charge < -0.3 is 15.0 Å². The SMILES string of the molecule is CCOC1CC(CC(=O)N2CCCC(CNC)C2)C1. The number of hydrogen-bond donors (Lipinski definition) is 1. The largest absolute Gasteiger partial charge is 0.378 e. The highest BCUT2D eigenvalue weighted by molar-refractivity contribution is 5.76. The van der Waals surface area contributed by atoms with Crippen LogP contribution in [0.5, 0.6) is 0 Å². The molecule has 4 heteroatoms. The molecule has 1 aliphatic carbocycles. The predicted molar refractivity (Wildman–Crippen MR) is 76.0 cm³/mol. The van der Waals surface area contributed by atoms with Crippen LogP contribution < -0.4 is 5.32 Å². The molecule has 0 bridgehead atoms. The Morgan fingerprint density at radius 3 is 2.84 bits per heavy atom. The first-order valence-corrected chi connectivity index (χ1v) is 7.76. The quantitative estimate of drug-likeness (QED) is 0.796. The lowest BCUT2D eigenvalue weighted by Crippen LogP contribution is -2.44. The van der Waals surface area contributed by atoms with Crippen molar-refractivity contribution in [2.75, 3.05) is 33.3 Å². The minimum atomic E-state index is 0.362. The van der Waals surface area contributed by atoms with Gasteiger partial charge in [0.25, 0.3) is 0 Å². The van der Waals surface area contributed by atoms with Crippen molar-refractivity contribution in [3.8, 4) is 0 Å². The van der Waals surface area contributed by atoms with Crippen LogP contribution in [0.3, 0.4) is 0 Å². The van der Waals surface area contributed by atoms with Crippen molar-refractivity contribution in [3.05, 3.63) is 0 Å². The maximum atomic E-state index is 12.3. The average molecular weight is 268 g/mol. The van der Waals surface area contributed by atoms with Crippen molar-refractivity contribution in [1.29, 1.82) is 0 Å². The Hall–Kier alpha value is -0.610. The number of amides is 1. The minimum absolute atomic E-state index is 0.362. The van der Waals surface area contributed by atoms with Crippen LogP contribution in [0.2, 0.25) is 0 Å². The third-order valence-electron chi connectivity index (χ3n) is 4.42. The topological polar surface area (TPSA) is 41.6 Å². The molecule has 1 N–H and O–H groups in total. The molecule has 1 aliphatic heterocycles. The van der Waals surface area contributed by atoms with Crippen LogP contribution in [0.15, 0.2) is 0 Å². The van der Waals surface area contributed by atoms with E-state index in [9.17, 15) is 4.79 Å². The summed E-state index contributed by atoms with van der Waals surface area (Å²) in [7, 11) is 1.99. The van der Waals surface area contributed by atoms with Crippen molar-refractivity contribution >= 4 is 5.91 Å². The second-order valence-electron chi connectivity index (χ2n) is 6.02. The van der Waals surface area contributed by atoms with Gasteiger partial charge in [-0.05, 0) is 58.0 Å². The smallest absolute Gasteiger partial charge is 0.222 e. The van der Waals surface area contributed by atoms with Gasteiger partial charge >= 0.3 is 0 Å². The van der Waals surface area contributed by atoms with Crippen molar-refractivity contribution in [2.24, 2.45) is 11.8 Å². The van der Waals surface area contributed by atoms with E-state index in [1.54, 1.807) is 0 Å². The van der Waals surface area contributed by atoms with E-state index in [4.69, 9.17) is 4.74 Å². The molecule has 19 heavy (non-hydrogen) atoms. The number of nitrogens with one attached hydrogen (secondary N) is 1. The molecule has 0 aromatic carbocycles. The lowest BCUT2D eigenvalue weighted by atomic mass is 9.79. The molecule has 0 spiro atoms. The second kappa shape index (κ2) is 7.25. The summed E-state index contributed by atoms with van der Waals surface area (Å²) in [6.45, 7) is 5.76. The summed E-state index contributed by atoms with van der Waals surface area (Å²) in [6, 6.07) is 0. The summed E-state index contributed by atoms with van der Waals surface area (Å²) in [5.41, 5.74) is 0. The van der Waals surface area contributed by atoms with Gasteiger partial charge in [-0.3, -0.25) is 4.79 Å². The summed E-state index contributed by atoms with van der Waals surface area (Å²) in [6.07, 6.45) is 5.71. The van der Waals surface area contributed by atoms with Crippen LogP contribution in [0.25, 0.3) is 0 Å². The molecule has 110 valence electrons. The molecule has 1 saturated heterocycles. The maximum Gasteiger partial charge on any atom is 0.222 e. The number of rotatable bonds is 6. The van der Waals surface area contributed by atoms with Crippen molar-refractivity contribution in [3.63, 3.8) is 0 Å². The van der Waals surface area contributed by atoms with E-state index in [0.717, 1.165) is 51.9 Å². The molecule has 2 fully saturated rings. The van der Waals surface area contributed by atoms with Gasteiger partial charge in [-0.1, -0.05) is 0 Å². The van der Waals surface area contributed by atoms with E-state index in [1.807, 2.05) is 14.0 Å². The molecule has 0 aromatic rings. The lowest BCUT2D eigenvalue weighted by Gasteiger charge is -2.37. The normalized spacial score (nSPS) is 31.1. The summed E-state index contributed by atoms with van der Waals surface area (Å²) in [5.74, 6) is 1.56. The average Bonchev–Trinajstić information content (AvgIpc) is 2.37. The van der Waals surface area contributed by atoms with E-state index >= 15 is 0 Å². The Morgan fingerprint density at radius 1 is 1.37 bits per heavy atom. The van der Waals surface area contributed by atoms with E-state index in [-0.39, 0.29) is 0 Å². The molecular formula is C15H28N2O2. The van der Waals surface area contributed by atoms with Gasteiger partial charge in [0.1, 0.15) is 0 Å². The van der Waals surface area contributed by atoms with Crippen molar-refractivity contribution in [2.45, 2.75) is 45.1 Å². The van der Waals surface area contributed by atoms with Gasteiger partial charge in [0.05, 0.1) is 6.10 Å². The molecule has 2 aliphatic rings. The zero-order valence-corrected chi connectivity index (χ0v) is 12.4. The highest BCUT2D eigenvalue weighted by atomic mass is 16.5. The van der Waals surface area contributed by atoms with Crippen molar-refractivity contribution in [1.82, 2.24) is 10.2 Å². The van der Waals surface area contributed by atoms with E-state index in [1.165, 1.54) is 6.42 Å². The zero-order valence-electron chi connectivity index (χ0n) is 12.4. The van der Waals surface area contributed by atoms with Crippen LogP contribution >= 0.6 is 0 Å². The van der Waals surface area contributed by atoms with Crippen LogP contribution in [-0.4, -0.2) is 50.2 Å². The summed E-state index contributed by atoms with van der Waals surface area (Å²) in [4.78, 5) is 14.4. The highest BCUT2D eigenvalue weighted by Gasteiger charge is 2.33. The van der Waals surface area contributed by atoms with Crippen LogP contribution in [0.1, 0.15) is 39.0 Å². The van der Waals surface area contributed by atoms with E-state index < -0.39 is 0 Å². The molecule has 1 amide bonds. The van der Waals surface area contributed by atoms with Gasteiger partial charge in [0.2, 0.25) is 5.91 Å². The van der Waals surface area contributed by atoms with E-state index in [2.05, 4.69) is 10.2 Å². The second-order valence-corrected chi connectivity index (χ2v) is 6.02. The molecule has 0 radical (unpaired) electrons. The molecule has 1 atom stereocenters. The Kier molecular flexibility index (Phi) is 5.64. The molecule has 0 aromatic heterocycles. The Bertz CT molecular complexity index is 288. The van der Waals surface area contributed by atoms with Gasteiger partial charge in [0.15, 0.2) is 0 Å².